The topological polar surface area (TPSA) is 108 Å². The van der Waals surface area contributed by atoms with Crippen LogP contribution < -0.4 is 0 Å². The normalized spacial score (nSPS) is 12.5. The highest BCUT2D eigenvalue weighted by atomic mass is 16.5. The van der Waals surface area contributed by atoms with Crippen molar-refractivity contribution in [3.63, 3.8) is 0 Å². The Bertz CT molecular complexity index is 749. The monoisotopic (exact) mass is 371 g/mol. The van der Waals surface area contributed by atoms with Gasteiger partial charge in [0.2, 0.25) is 5.91 Å². The van der Waals surface area contributed by atoms with E-state index >= 15 is 0 Å². The van der Waals surface area contributed by atoms with E-state index < -0.39 is 17.8 Å². The Kier molecular flexibility index (Phi) is 7.06. The zero-order chi connectivity index (χ0) is 19.8. The molecule has 1 aromatic carbocycles. The molecule has 0 N–H and O–H groups in total. The lowest BCUT2D eigenvalue weighted by molar-refractivity contribution is -0.144. The molecule has 2 rings (SSSR count). The molecule has 0 unspecified atom stereocenters. The van der Waals surface area contributed by atoms with Crippen LogP contribution in [-0.2, 0) is 14.3 Å². The van der Waals surface area contributed by atoms with Crippen LogP contribution in [0.1, 0.15) is 46.9 Å². The Morgan fingerprint density at radius 3 is 2.30 bits per heavy atom. The average Bonchev–Trinajstić information content (AvgIpc) is 2.91. The lowest BCUT2D eigenvalue weighted by Crippen LogP contribution is -2.38. The van der Waals surface area contributed by atoms with Crippen LogP contribution in [0.5, 0.6) is 0 Å². The van der Waals surface area contributed by atoms with Crippen LogP contribution in [0.25, 0.3) is 0 Å². The third-order valence-corrected chi connectivity index (χ3v) is 4.16. The second kappa shape index (κ2) is 9.48. The summed E-state index contributed by atoms with van der Waals surface area (Å²) in [6.07, 6.45) is 0.0827. The zero-order valence-electron chi connectivity index (χ0n) is 15.1. The van der Waals surface area contributed by atoms with E-state index in [9.17, 15) is 19.2 Å². The van der Waals surface area contributed by atoms with Gasteiger partial charge in [-0.2, -0.15) is 5.26 Å². The van der Waals surface area contributed by atoms with Gasteiger partial charge in [0.05, 0.1) is 36.6 Å². The van der Waals surface area contributed by atoms with Crippen LogP contribution in [0.15, 0.2) is 24.3 Å². The maximum atomic E-state index is 12.5. The molecule has 0 saturated heterocycles. The Morgan fingerprint density at radius 2 is 1.74 bits per heavy atom. The summed E-state index contributed by atoms with van der Waals surface area (Å²) in [4.78, 5) is 51.1. The maximum Gasteiger partial charge on any atom is 0.307 e. The molecule has 1 aliphatic heterocycles. The van der Waals surface area contributed by atoms with Gasteiger partial charge < -0.3 is 9.64 Å². The van der Waals surface area contributed by atoms with Crippen molar-refractivity contribution in [3.8, 4) is 6.07 Å². The number of nitriles is 1. The number of nitrogens with zero attached hydrogens (tertiary/aromatic N) is 3. The van der Waals surface area contributed by atoms with Crippen molar-refractivity contribution in [2.24, 2.45) is 0 Å². The molecule has 0 aromatic heterocycles. The van der Waals surface area contributed by atoms with E-state index in [-0.39, 0.29) is 51.4 Å². The number of fused-ring (bicyclic) bond motifs is 1. The number of imide groups is 1. The molecule has 1 heterocycles. The number of benzene rings is 1. The van der Waals surface area contributed by atoms with E-state index in [0.717, 1.165) is 4.90 Å². The molecular weight excluding hydrogens is 350 g/mol. The van der Waals surface area contributed by atoms with E-state index in [0.29, 0.717) is 11.1 Å². The van der Waals surface area contributed by atoms with Gasteiger partial charge in [0.15, 0.2) is 0 Å². The highest BCUT2D eigenvalue weighted by Crippen LogP contribution is 2.22. The van der Waals surface area contributed by atoms with E-state index in [1.165, 1.54) is 4.90 Å². The van der Waals surface area contributed by atoms with Crippen molar-refractivity contribution < 1.29 is 23.9 Å². The van der Waals surface area contributed by atoms with Gasteiger partial charge in [-0.05, 0) is 19.1 Å². The van der Waals surface area contributed by atoms with Crippen molar-refractivity contribution in [2.45, 2.75) is 26.2 Å². The first kappa shape index (κ1) is 20.1. The first-order valence-electron chi connectivity index (χ1n) is 8.75. The van der Waals surface area contributed by atoms with Crippen LogP contribution in [0.3, 0.4) is 0 Å². The van der Waals surface area contributed by atoms with Crippen molar-refractivity contribution >= 4 is 23.7 Å². The molecule has 0 saturated carbocycles. The van der Waals surface area contributed by atoms with Crippen molar-refractivity contribution in [3.05, 3.63) is 35.4 Å². The minimum atomic E-state index is -0.424. The molecule has 8 nitrogen and oxygen atoms in total. The van der Waals surface area contributed by atoms with Gasteiger partial charge in [-0.25, -0.2) is 0 Å². The molecule has 0 radical (unpaired) electrons. The quantitative estimate of drug-likeness (QED) is 0.479. The number of esters is 1. The summed E-state index contributed by atoms with van der Waals surface area (Å²) >= 11 is 0. The molecule has 8 heteroatoms. The van der Waals surface area contributed by atoms with Gasteiger partial charge in [0.1, 0.15) is 0 Å². The number of amides is 3. The highest BCUT2D eigenvalue weighted by Gasteiger charge is 2.35. The second-order valence-electron chi connectivity index (χ2n) is 5.90. The number of ether oxygens (including phenoxy) is 1. The van der Waals surface area contributed by atoms with E-state index in [4.69, 9.17) is 10.00 Å². The molecule has 0 spiro atoms. The molecule has 0 aliphatic carbocycles. The maximum absolute atomic E-state index is 12.5. The van der Waals surface area contributed by atoms with Crippen molar-refractivity contribution in [1.29, 1.82) is 5.26 Å². The summed E-state index contributed by atoms with van der Waals surface area (Å²) in [5, 5.41) is 8.75. The number of rotatable bonds is 9. The minimum absolute atomic E-state index is 0.0258. The number of hydrogen-bond acceptors (Lipinski definition) is 6. The lowest BCUT2D eigenvalue weighted by atomic mass is 10.1. The van der Waals surface area contributed by atoms with Gasteiger partial charge in [0, 0.05) is 26.1 Å². The number of carbonyl (C=O) groups excluding carboxylic acids is 4. The Balaban J connectivity index is 1.95. The van der Waals surface area contributed by atoms with Gasteiger partial charge in [-0.1, -0.05) is 12.1 Å². The Hall–Kier alpha value is -3.21. The summed E-state index contributed by atoms with van der Waals surface area (Å²) in [5.74, 6) is -1.59. The molecule has 1 aromatic rings. The Labute approximate surface area is 157 Å². The van der Waals surface area contributed by atoms with Crippen LogP contribution in [0, 0.1) is 11.3 Å². The van der Waals surface area contributed by atoms with E-state index in [1.807, 2.05) is 6.07 Å². The summed E-state index contributed by atoms with van der Waals surface area (Å²) in [7, 11) is 0. The minimum Gasteiger partial charge on any atom is -0.466 e. The predicted molar refractivity (Wildman–Crippen MR) is 94.5 cm³/mol. The van der Waals surface area contributed by atoms with Crippen LogP contribution in [-0.4, -0.2) is 59.7 Å². The predicted octanol–water partition coefficient (Wildman–Crippen LogP) is 1.37. The zero-order valence-corrected chi connectivity index (χ0v) is 15.1. The molecule has 0 atom stereocenters. The van der Waals surface area contributed by atoms with E-state index in [2.05, 4.69) is 0 Å². The molecule has 27 heavy (non-hydrogen) atoms. The standard InChI is InChI=1S/C19H21N3O5/c1-2-27-17(24)9-12-21(11-5-10-20)16(23)8-13-22-18(25)14-6-3-4-7-15(14)19(22)26/h3-4,6-7H,2,5,8-9,11-13H2,1H3. The van der Waals surface area contributed by atoms with Crippen LogP contribution >= 0.6 is 0 Å². The van der Waals surface area contributed by atoms with E-state index in [1.54, 1.807) is 31.2 Å². The number of carbonyl (C=O) groups is 4. The number of hydrogen-bond donors (Lipinski definition) is 0. The first-order valence-corrected chi connectivity index (χ1v) is 8.75. The highest BCUT2D eigenvalue weighted by molar-refractivity contribution is 6.21. The fraction of sp³-hybridized carbons (Fsp3) is 0.421. The average molecular weight is 371 g/mol. The van der Waals surface area contributed by atoms with Crippen LogP contribution in [0.4, 0.5) is 0 Å². The molecule has 0 fully saturated rings. The third-order valence-electron chi connectivity index (χ3n) is 4.16. The Morgan fingerprint density at radius 1 is 1.11 bits per heavy atom. The fourth-order valence-electron chi connectivity index (χ4n) is 2.81. The fourth-order valence-corrected chi connectivity index (χ4v) is 2.81. The van der Waals surface area contributed by atoms with Crippen molar-refractivity contribution in [2.75, 3.05) is 26.2 Å². The molecule has 3 amide bonds. The molecule has 142 valence electrons. The first-order chi connectivity index (χ1) is 13.0. The second-order valence-corrected chi connectivity index (χ2v) is 5.90. The third kappa shape index (κ3) is 4.91. The van der Waals surface area contributed by atoms with Gasteiger partial charge in [0.25, 0.3) is 11.8 Å². The van der Waals surface area contributed by atoms with Crippen LogP contribution in [0.2, 0.25) is 0 Å². The molecule has 1 aliphatic rings. The van der Waals surface area contributed by atoms with Crippen molar-refractivity contribution in [1.82, 2.24) is 9.80 Å². The largest absolute Gasteiger partial charge is 0.466 e. The van der Waals surface area contributed by atoms with Gasteiger partial charge in [-0.15, -0.1) is 0 Å². The smallest absolute Gasteiger partial charge is 0.307 e. The SMILES string of the molecule is CCOC(=O)CCN(CCC#N)C(=O)CCN1C(=O)c2ccccc2C1=O. The van der Waals surface area contributed by atoms with Gasteiger partial charge in [-0.3, -0.25) is 24.1 Å². The van der Waals surface area contributed by atoms with Gasteiger partial charge >= 0.3 is 5.97 Å². The summed E-state index contributed by atoms with van der Waals surface area (Å²) < 4.78 is 4.84. The molecular formula is C19H21N3O5. The summed E-state index contributed by atoms with van der Waals surface area (Å²) in [5.41, 5.74) is 0.664. The summed E-state index contributed by atoms with van der Waals surface area (Å²) in [6, 6.07) is 8.48. The lowest BCUT2D eigenvalue weighted by Gasteiger charge is -2.22. The summed E-state index contributed by atoms with van der Waals surface area (Å²) in [6.45, 7) is 2.20. The molecule has 0 bridgehead atoms.